The Hall–Kier alpha value is -1.90. The molecule has 3 rings (SSSR count). The van der Waals surface area contributed by atoms with Gasteiger partial charge in [-0.25, -0.2) is 9.18 Å². The Balaban J connectivity index is 1.43. The average molecular weight is 539 g/mol. The fraction of sp³-hybridized carbons (Fsp3) is 0.897. The SMILES string of the molecule is CCCCC1CC(CC(=O)NCC2CN(C3CCC(N(CCC)CCC)C(F)C3)C(=O)O2)CCC1C(N)=O. The number of nitrogens with two attached hydrogens (primary N) is 1. The normalized spacial score (nSPS) is 31.9. The summed E-state index contributed by atoms with van der Waals surface area (Å²) in [5.41, 5.74) is 5.64. The highest BCUT2D eigenvalue weighted by Gasteiger charge is 2.42. The molecule has 218 valence electrons. The Bertz CT molecular complexity index is 778. The minimum atomic E-state index is -0.954. The molecule has 1 saturated heterocycles. The van der Waals surface area contributed by atoms with Gasteiger partial charge in [-0.1, -0.05) is 33.6 Å². The number of cyclic esters (lactones) is 1. The van der Waals surface area contributed by atoms with Crippen LogP contribution in [0.25, 0.3) is 0 Å². The Labute approximate surface area is 228 Å². The van der Waals surface area contributed by atoms with Crippen molar-refractivity contribution in [3.8, 4) is 0 Å². The first-order valence-corrected chi connectivity index (χ1v) is 15.2. The summed E-state index contributed by atoms with van der Waals surface area (Å²) in [6.07, 6.45) is 8.08. The van der Waals surface area contributed by atoms with E-state index >= 15 is 4.39 Å². The maximum atomic E-state index is 15.2. The van der Waals surface area contributed by atoms with Gasteiger partial charge in [-0.3, -0.25) is 14.5 Å². The summed E-state index contributed by atoms with van der Waals surface area (Å²) >= 11 is 0. The third kappa shape index (κ3) is 8.30. The zero-order valence-corrected chi connectivity index (χ0v) is 23.8. The number of primary amides is 1. The highest BCUT2D eigenvalue weighted by Crippen LogP contribution is 2.38. The van der Waals surface area contributed by atoms with Gasteiger partial charge in [0.15, 0.2) is 0 Å². The molecule has 0 spiro atoms. The first-order chi connectivity index (χ1) is 18.3. The molecular weight excluding hydrogens is 487 g/mol. The molecule has 7 unspecified atom stereocenters. The van der Waals surface area contributed by atoms with E-state index in [1.165, 1.54) is 0 Å². The summed E-state index contributed by atoms with van der Waals surface area (Å²) in [6.45, 7) is 8.86. The average Bonchev–Trinajstić information content (AvgIpc) is 3.26. The second-order valence-electron chi connectivity index (χ2n) is 11.8. The van der Waals surface area contributed by atoms with Crippen molar-refractivity contribution in [1.82, 2.24) is 15.1 Å². The molecule has 0 bridgehead atoms. The van der Waals surface area contributed by atoms with Crippen LogP contribution in [0.15, 0.2) is 0 Å². The van der Waals surface area contributed by atoms with Crippen LogP contribution in [0.1, 0.15) is 97.8 Å². The summed E-state index contributed by atoms with van der Waals surface area (Å²) in [5.74, 6) is 0.159. The lowest BCUT2D eigenvalue weighted by molar-refractivity contribution is -0.125. The number of halogens is 1. The number of carbonyl (C=O) groups excluding carboxylic acids is 3. The van der Waals surface area contributed by atoms with Gasteiger partial charge in [0.2, 0.25) is 11.8 Å². The second-order valence-corrected chi connectivity index (χ2v) is 11.8. The summed E-state index contributed by atoms with van der Waals surface area (Å²) in [4.78, 5) is 41.1. The number of hydrogen-bond acceptors (Lipinski definition) is 5. The molecule has 2 aliphatic carbocycles. The molecular formula is C29H51FN4O4. The van der Waals surface area contributed by atoms with E-state index in [0.29, 0.717) is 19.4 Å². The Kier molecular flexibility index (Phi) is 12.1. The number of unbranched alkanes of at least 4 members (excludes halogenated alkanes) is 1. The zero-order valence-electron chi connectivity index (χ0n) is 23.8. The molecule has 0 aromatic carbocycles. The van der Waals surface area contributed by atoms with E-state index in [0.717, 1.165) is 77.3 Å². The number of alkyl halides is 1. The smallest absolute Gasteiger partial charge is 0.410 e. The van der Waals surface area contributed by atoms with E-state index < -0.39 is 18.4 Å². The molecule has 3 amide bonds. The topological polar surface area (TPSA) is 105 Å². The molecule has 7 atom stereocenters. The van der Waals surface area contributed by atoms with Crippen LogP contribution in [0.3, 0.4) is 0 Å². The van der Waals surface area contributed by atoms with Crippen LogP contribution in [-0.4, -0.2) is 78.2 Å². The molecule has 0 aromatic rings. The Morgan fingerprint density at radius 3 is 2.45 bits per heavy atom. The molecule has 9 heteroatoms. The van der Waals surface area contributed by atoms with Crippen LogP contribution < -0.4 is 11.1 Å². The quantitative estimate of drug-likeness (QED) is 0.341. The summed E-state index contributed by atoms with van der Waals surface area (Å²) < 4.78 is 20.8. The third-order valence-corrected chi connectivity index (χ3v) is 8.93. The predicted octanol–water partition coefficient (Wildman–Crippen LogP) is 4.40. The van der Waals surface area contributed by atoms with E-state index in [-0.39, 0.29) is 48.2 Å². The van der Waals surface area contributed by atoms with E-state index in [1.807, 2.05) is 0 Å². The lowest BCUT2D eigenvalue weighted by Crippen LogP contribution is -2.51. The highest BCUT2D eigenvalue weighted by molar-refractivity contribution is 5.78. The van der Waals surface area contributed by atoms with Crippen molar-refractivity contribution < 1.29 is 23.5 Å². The van der Waals surface area contributed by atoms with Crippen molar-refractivity contribution in [3.05, 3.63) is 0 Å². The minimum Gasteiger partial charge on any atom is -0.442 e. The molecule has 0 aromatic heterocycles. The van der Waals surface area contributed by atoms with Crippen molar-refractivity contribution in [2.24, 2.45) is 23.5 Å². The van der Waals surface area contributed by atoms with Gasteiger partial charge in [0.05, 0.1) is 13.1 Å². The molecule has 2 saturated carbocycles. The standard InChI is InChI=1S/C29H51FN4O4/c1-4-7-8-21-15-20(9-11-24(21)28(31)36)16-27(35)32-18-23-19-34(29(37)38-23)22-10-12-26(25(30)17-22)33(13-5-2)14-6-3/h20-26H,4-19H2,1-3H3,(H2,31,36)(H,32,35). The first-order valence-electron chi connectivity index (χ1n) is 15.2. The van der Waals surface area contributed by atoms with Gasteiger partial charge in [-0.05, 0) is 76.3 Å². The second kappa shape index (κ2) is 15.0. The maximum absolute atomic E-state index is 15.2. The maximum Gasteiger partial charge on any atom is 0.410 e. The molecule has 3 aliphatic rings. The van der Waals surface area contributed by atoms with Crippen molar-refractivity contribution >= 4 is 17.9 Å². The van der Waals surface area contributed by atoms with Gasteiger partial charge in [0.1, 0.15) is 12.3 Å². The van der Waals surface area contributed by atoms with Crippen LogP contribution >= 0.6 is 0 Å². The lowest BCUT2D eigenvalue weighted by atomic mass is 9.71. The van der Waals surface area contributed by atoms with Crippen molar-refractivity contribution in [1.29, 1.82) is 0 Å². The fourth-order valence-electron chi connectivity index (χ4n) is 7.01. The number of ether oxygens (including phenoxy) is 1. The molecule has 1 heterocycles. The lowest BCUT2D eigenvalue weighted by Gasteiger charge is -2.41. The van der Waals surface area contributed by atoms with E-state index in [9.17, 15) is 14.4 Å². The van der Waals surface area contributed by atoms with Gasteiger partial charge >= 0.3 is 6.09 Å². The third-order valence-electron chi connectivity index (χ3n) is 8.93. The monoisotopic (exact) mass is 538 g/mol. The highest BCUT2D eigenvalue weighted by atomic mass is 19.1. The largest absolute Gasteiger partial charge is 0.442 e. The summed E-state index contributed by atoms with van der Waals surface area (Å²) in [5, 5.41) is 2.95. The molecule has 8 nitrogen and oxygen atoms in total. The fourth-order valence-corrected chi connectivity index (χ4v) is 7.01. The first kappa shape index (κ1) is 30.6. The molecule has 3 fully saturated rings. The van der Waals surface area contributed by atoms with Crippen molar-refractivity contribution in [2.75, 3.05) is 26.2 Å². The van der Waals surface area contributed by atoms with E-state index in [2.05, 4.69) is 31.0 Å². The molecule has 1 aliphatic heterocycles. The summed E-state index contributed by atoms with van der Waals surface area (Å²) in [7, 11) is 0. The van der Waals surface area contributed by atoms with E-state index in [1.54, 1.807) is 4.90 Å². The van der Waals surface area contributed by atoms with Crippen LogP contribution in [-0.2, 0) is 14.3 Å². The molecule has 0 radical (unpaired) electrons. The van der Waals surface area contributed by atoms with Gasteiger partial charge in [-0.2, -0.15) is 0 Å². The molecule has 3 N–H and O–H groups in total. The number of nitrogens with one attached hydrogen (secondary N) is 1. The van der Waals surface area contributed by atoms with Gasteiger partial charge < -0.3 is 20.7 Å². The van der Waals surface area contributed by atoms with Crippen LogP contribution in [0.4, 0.5) is 9.18 Å². The van der Waals surface area contributed by atoms with Crippen LogP contribution in [0.2, 0.25) is 0 Å². The Morgan fingerprint density at radius 1 is 1.08 bits per heavy atom. The van der Waals surface area contributed by atoms with Crippen molar-refractivity contribution in [3.63, 3.8) is 0 Å². The van der Waals surface area contributed by atoms with Crippen LogP contribution in [0.5, 0.6) is 0 Å². The number of amides is 3. The number of nitrogens with zero attached hydrogens (tertiary/aromatic N) is 2. The van der Waals surface area contributed by atoms with Crippen molar-refractivity contribution in [2.45, 2.75) is 122 Å². The predicted molar refractivity (Wildman–Crippen MR) is 146 cm³/mol. The number of carbonyl (C=O) groups is 3. The number of rotatable bonds is 14. The van der Waals surface area contributed by atoms with E-state index in [4.69, 9.17) is 10.5 Å². The van der Waals surface area contributed by atoms with Gasteiger partial charge in [0, 0.05) is 30.8 Å². The van der Waals surface area contributed by atoms with Gasteiger partial charge in [0.25, 0.3) is 0 Å². The summed E-state index contributed by atoms with van der Waals surface area (Å²) in [6, 6.07) is -0.223. The van der Waals surface area contributed by atoms with Gasteiger partial charge in [-0.15, -0.1) is 0 Å². The Morgan fingerprint density at radius 2 is 1.82 bits per heavy atom. The van der Waals surface area contributed by atoms with Crippen LogP contribution in [0, 0.1) is 17.8 Å². The minimum absolute atomic E-state index is 0.0486. The zero-order chi connectivity index (χ0) is 27.7. The molecule has 38 heavy (non-hydrogen) atoms. The number of hydrogen-bond donors (Lipinski definition) is 2.